The zero-order chi connectivity index (χ0) is 9.90. The number of hydrogen-bond donors (Lipinski definition) is 2. The topological polar surface area (TPSA) is 66.8 Å². The summed E-state index contributed by atoms with van der Waals surface area (Å²) in [6.45, 7) is 1.81. The number of carboxylic acids is 1. The molecule has 1 rings (SSSR count). The number of thioether (sulfide) groups is 1. The van der Waals surface area contributed by atoms with Gasteiger partial charge >= 0.3 is 5.97 Å². The van der Waals surface area contributed by atoms with E-state index in [0.29, 0.717) is 6.42 Å². The molecule has 2 N–H and O–H groups in total. The molecule has 4 nitrogen and oxygen atoms in total. The van der Waals surface area contributed by atoms with Gasteiger partial charge in [0.25, 0.3) is 0 Å². The van der Waals surface area contributed by atoms with Crippen molar-refractivity contribution in [3.05, 3.63) is 0 Å². The fraction of sp³-hybridized carbons (Fsp3) is 0.875. The van der Waals surface area contributed by atoms with Crippen LogP contribution in [0.2, 0.25) is 0 Å². The Hall–Kier alpha value is -0.260. The van der Waals surface area contributed by atoms with E-state index >= 15 is 0 Å². The quantitative estimate of drug-likeness (QED) is 0.694. The Balaban J connectivity index is 2.68. The molecular formula is C8H14O4S. The highest BCUT2D eigenvalue weighted by atomic mass is 32.2. The second kappa shape index (κ2) is 4.30. The lowest BCUT2D eigenvalue weighted by Gasteiger charge is -2.27. The molecule has 0 spiro atoms. The van der Waals surface area contributed by atoms with Crippen molar-refractivity contribution in [1.29, 1.82) is 0 Å². The Morgan fingerprint density at radius 2 is 2.46 bits per heavy atom. The van der Waals surface area contributed by atoms with Gasteiger partial charge in [-0.25, -0.2) is 4.79 Å². The highest BCUT2D eigenvalue weighted by Gasteiger charge is 2.48. The number of hydrogen-bond acceptors (Lipinski definition) is 4. The van der Waals surface area contributed by atoms with Crippen LogP contribution in [0.25, 0.3) is 0 Å². The molecule has 1 fully saturated rings. The Morgan fingerprint density at radius 3 is 2.85 bits per heavy atom. The third kappa shape index (κ3) is 1.98. The van der Waals surface area contributed by atoms with E-state index in [0.717, 1.165) is 5.75 Å². The van der Waals surface area contributed by atoms with E-state index < -0.39 is 11.6 Å². The van der Waals surface area contributed by atoms with Crippen LogP contribution in [0, 0.1) is 0 Å². The molecule has 1 saturated heterocycles. The van der Waals surface area contributed by atoms with Gasteiger partial charge in [-0.2, -0.15) is 11.8 Å². The fourth-order valence-electron chi connectivity index (χ4n) is 1.49. The molecule has 0 amide bonds. The van der Waals surface area contributed by atoms with Gasteiger partial charge in [0, 0.05) is 5.25 Å². The monoisotopic (exact) mass is 206 g/mol. The van der Waals surface area contributed by atoms with Crippen molar-refractivity contribution >= 4 is 17.7 Å². The zero-order valence-electron chi connectivity index (χ0n) is 7.52. The van der Waals surface area contributed by atoms with E-state index in [1.165, 1.54) is 0 Å². The maximum absolute atomic E-state index is 11.0. The summed E-state index contributed by atoms with van der Waals surface area (Å²) in [6, 6.07) is 0. The van der Waals surface area contributed by atoms with Crippen LogP contribution in [-0.2, 0) is 9.53 Å². The summed E-state index contributed by atoms with van der Waals surface area (Å²) in [6.07, 6.45) is 0.522. The van der Waals surface area contributed by atoms with Crippen LogP contribution >= 0.6 is 11.8 Å². The SMILES string of the molecule is CC1SCCC1(OCCO)C(=O)O. The van der Waals surface area contributed by atoms with Gasteiger partial charge in [-0.15, -0.1) is 0 Å². The van der Waals surface area contributed by atoms with Gasteiger partial charge in [0.2, 0.25) is 0 Å². The highest BCUT2D eigenvalue weighted by Crippen LogP contribution is 2.38. The number of aliphatic hydroxyl groups excluding tert-OH is 1. The average Bonchev–Trinajstić information content (AvgIpc) is 2.45. The van der Waals surface area contributed by atoms with Crippen molar-refractivity contribution in [2.75, 3.05) is 19.0 Å². The molecule has 0 aromatic heterocycles. The number of aliphatic carboxylic acids is 1. The molecule has 0 bridgehead atoms. The van der Waals surface area contributed by atoms with E-state index in [2.05, 4.69) is 0 Å². The lowest BCUT2D eigenvalue weighted by Crippen LogP contribution is -2.46. The largest absolute Gasteiger partial charge is 0.479 e. The second-order valence-electron chi connectivity index (χ2n) is 3.03. The zero-order valence-corrected chi connectivity index (χ0v) is 8.34. The summed E-state index contributed by atoms with van der Waals surface area (Å²) >= 11 is 1.60. The molecule has 0 aromatic carbocycles. The normalized spacial score (nSPS) is 33.5. The van der Waals surface area contributed by atoms with Gasteiger partial charge in [0.15, 0.2) is 5.60 Å². The molecule has 0 radical (unpaired) electrons. The molecule has 2 unspecified atom stereocenters. The lowest BCUT2D eigenvalue weighted by atomic mass is 9.97. The Bertz CT molecular complexity index is 197. The Labute approximate surface area is 81.3 Å². The van der Waals surface area contributed by atoms with Crippen molar-refractivity contribution in [2.24, 2.45) is 0 Å². The van der Waals surface area contributed by atoms with Crippen molar-refractivity contribution in [3.8, 4) is 0 Å². The molecule has 13 heavy (non-hydrogen) atoms. The van der Waals surface area contributed by atoms with Gasteiger partial charge in [0.1, 0.15) is 0 Å². The minimum atomic E-state index is -1.08. The first-order valence-corrected chi connectivity index (χ1v) is 5.28. The third-order valence-corrected chi connectivity index (χ3v) is 3.63. The van der Waals surface area contributed by atoms with E-state index in [-0.39, 0.29) is 18.5 Å². The number of carbonyl (C=O) groups is 1. The first kappa shape index (κ1) is 10.8. The van der Waals surface area contributed by atoms with Crippen LogP contribution in [-0.4, -0.2) is 46.0 Å². The van der Waals surface area contributed by atoms with Crippen LogP contribution < -0.4 is 0 Å². The second-order valence-corrected chi connectivity index (χ2v) is 4.48. The van der Waals surface area contributed by atoms with Gasteiger partial charge < -0.3 is 14.9 Å². The standard InChI is InChI=1S/C8H14O4S/c1-6-8(7(10)11,2-5-13-6)12-4-3-9/h6,9H,2-5H2,1H3,(H,10,11). The average molecular weight is 206 g/mol. The number of carboxylic acid groups (broad SMARTS) is 1. The molecule has 76 valence electrons. The molecule has 0 aromatic rings. The fourth-order valence-corrected chi connectivity index (χ4v) is 2.82. The summed E-state index contributed by atoms with van der Waals surface area (Å²) in [5.41, 5.74) is -1.08. The van der Waals surface area contributed by atoms with Gasteiger partial charge in [-0.1, -0.05) is 0 Å². The summed E-state index contributed by atoms with van der Waals surface area (Å²) in [5, 5.41) is 17.6. The predicted octanol–water partition coefficient (Wildman–Crippen LogP) is 0.344. The number of aliphatic hydroxyl groups is 1. The maximum atomic E-state index is 11.0. The van der Waals surface area contributed by atoms with Gasteiger partial charge in [-0.3, -0.25) is 0 Å². The Morgan fingerprint density at radius 1 is 1.77 bits per heavy atom. The molecule has 5 heteroatoms. The predicted molar refractivity (Wildman–Crippen MR) is 49.9 cm³/mol. The molecule has 1 heterocycles. The third-order valence-electron chi connectivity index (χ3n) is 2.31. The van der Waals surface area contributed by atoms with Crippen molar-refractivity contribution in [3.63, 3.8) is 0 Å². The van der Waals surface area contributed by atoms with E-state index in [1.807, 2.05) is 6.92 Å². The molecular weight excluding hydrogens is 192 g/mol. The summed E-state index contributed by atoms with van der Waals surface area (Å²) in [7, 11) is 0. The minimum absolute atomic E-state index is 0.0449. The van der Waals surface area contributed by atoms with Crippen molar-refractivity contribution in [1.82, 2.24) is 0 Å². The smallest absolute Gasteiger partial charge is 0.337 e. The first-order valence-electron chi connectivity index (χ1n) is 4.23. The summed E-state index contributed by atoms with van der Waals surface area (Å²) < 4.78 is 5.24. The molecule has 1 aliphatic rings. The Kier molecular flexibility index (Phi) is 3.58. The van der Waals surface area contributed by atoms with Gasteiger partial charge in [-0.05, 0) is 19.1 Å². The first-order chi connectivity index (χ1) is 6.13. The molecule has 0 aliphatic carbocycles. The van der Waals surface area contributed by atoms with Crippen LogP contribution in [0.4, 0.5) is 0 Å². The van der Waals surface area contributed by atoms with E-state index in [4.69, 9.17) is 14.9 Å². The highest BCUT2D eigenvalue weighted by molar-refractivity contribution is 8.00. The van der Waals surface area contributed by atoms with E-state index in [1.54, 1.807) is 11.8 Å². The van der Waals surface area contributed by atoms with Crippen LogP contribution in [0.5, 0.6) is 0 Å². The van der Waals surface area contributed by atoms with Gasteiger partial charge in [0.05, 0.1) is 13.2 Å². The van der Waals surface area contributed by atoms with Crippen LogP contribution in [0.1, 0.15) is 13.3 Å². The van der Waals surface area contributed by atoms with Crippen LogP contribution in [0.15, 0.2) is 0 Å². The summed E-state index contributed by atoms with van der Waals surface area (Å²) in [4.78, 5) is 11.0. The van der Waals surface area contributed by atoms with E-state index in [9.17, 15) is 4.79 Å². The molecule has 0 saturated carbocycles. The maximum Gasteiger partial charge on any atom is 0.337 e. The molecule has 1 aliphatic heterocycles. The number of rotatable bonds is 4. The number of ether oxygens (including phenoxy) is 1. The lowest BCUT2D eigenvalue weighted by molar-refractivity contribution is -0.166. The minimum Gasteiger partial charge on any atom is -0.479 e. The van der Waals surface area contributed by atoms with Crippen molar-refractivity contribution < 1.29 is 19.7 Å². The summed E-state index contributed by atoms with van der Waals surface area (Å²) in [5.74, 6) is -0.114. The van der Waals surface area contributed by atoms with Crippen molar-refractivity contribution in [2.45, 2.75) is 24.2 Å². The molecule has 2 atom stereocenters. The van der Waals surface area contributed by atoms with Crippen LogP contribution in [0.3, 0.4) is 0 Å².